The van der Waals surface area contributed by atoms with E-state index < -0.39 is 11.2 Å². The van der Waals surface area contributed by atoms with E-state index >= 15 is 0 Å². The van der Waals surface area contributed by atoms with Crippen LogP contribution in [0.3, 0.4) is 0 Å². The molecule has 2 heterocycles. The smallest absolute Gasteiger partial charge is 0.410 e. The van der Waals surface area contributed by atoms with Crippen LogP contribution >= 0.6 is 24.8 Å². The maximum atomic E-state index is 11.7. The van der Waals surface area contributed by atoms with E-state index in [0.717, 1.165) is 0 Å². The molecule has 32 heavy (non-hydrogen) atoms. The molecule has 0 aromatic rings. The molecule has 0 radical (unpaired) electrons. The lowest BCUT2D eigenvalue weighted by Gasteiger charge is -2.24. The molecule has 12 heteroatoms. The Balaban J connectivity index is 0. The fraction of sp³-hybridized carbons (Fsp3) is 0.900. The summed E-state index contributed by atoms with van der Waals surface area (Å²) in [6.07, 6.45) is -0.815. The topological polar surface area (TPSA) is 130 Å². The molecular weight excluding hydrogens is 463 g/mol. The van der Waals surface area contributed by atoms with Gasteiger partial charge in [-0.25, -0.2) is 9.59 Å². The fourth-order valence-corrected chi connectivity index (χ4v) is 3.05. The van der Waals surface area contributed by atoms with Crippen LogP contribution in [0.25, 0.3) is 0 Å². The van der Waals surface area contributed by atoms with Gasteiger partial charge in [-0.3, -0.25) is 0 Å². The quantitative estimate of drug-likeness (QED) is 0.583. The summed E-state index contributed by atoms with van der Waals surface area (Å²) in [4.78, 5) is 26.5. The van der Waals surface area contributed by atoms with Crippen molar-refractivity contribution in [1.82, 2.24) is 9.80 Å². The molecule has 4 N–H and O–H groups in total. The van der Waals surface area contributed by atoms with Gasteiger partial charge in [0.05, 0.1) is 37.4 Å². The zero-order valence-electron chi connectivity index (χ0n) is 20.5. The summed E-state index contributed by atoms with van der Waals surface area (Å²) in [5, 5.41) is 0. The largest absolute Gasteiger partial charge is 0.444 e. The zero-order chi connectivity index (χ0) is 23.3. The second-order valence-corrected chi connectivity index (χ2v) is 9.65. The summed E-state index contributed by atoms with van der Waals surface area (Å²) in [5.41, 5.74) is 10.7. The number of hydrogen-bond acceptors (Lipinski definition) is 8. The summed E-state index contributed by atoms with van der Waals surface area (Å²) in [6, 6.07) is -0.245. The minimum atomic E-state index is -0.466. The lowest BCUT2D eigenvalue weighted by atomic mass is 10.2. The molecule has 4 atom stereocenters. The molecule has 2 aliphatic rings. The van der Waals surface area contributed by atoms with E-state index in [-0.39, 0.29) is 61.3 Å². The highest BCUT2D eigenvalue weighted by molar-refractivity contribution is 5.85. The van der Waals surface area contributed by atoms with Gasteiger partial charge in [-0.15, -0.1) is 24.8 Å². The number of likely N-dealkylation sites (tertiary alicyclic amines) is 2. The minimum Gasteiger partial charge on any atom is -0.444 e. The van der Waals surface area contributed by atoms with E-state index in [0.29, 0.717) is 26.2 Å². The molecular formula is C20H42Cl2N4O6. The fourth-order valence-electron chi connectivity index (χ4n) is 3.05. The number of methoxy groups -OCH3 is 2. The molecule has 0 aliphatic carbocycles. The van der Waals surface area contributed by atoms with Gasteiger partial charge in [-0.1, -0.05) is 0 Å². The number of hydrogen-bond donors (Lipinski definition) is 2. The summed E-state index contributed by atoms with van der Waals surface area (Å²) in [5.74, 6) is 0. The summed E-state index contributed by atoms with van der Waals surface area (Å²) < 4.78 is 20.8. The Morgan fingerprint density at radius 1 is 0.688 bits per heavy atom. The van der Waals surface area contributed by atoms with Crippen molar-refractivity contribution in [1.29, 1.82) is 0 Å². The van der Waals surface area contributed by atoms with Gasteiger partial charge in [0.1, 0.15) is 11.2 Å². The van der Waals surface area contributed by atoms with Crippen molar-refractivity contribution in [3.8, 4) is 0 Å². The molecule has 0 unspecified atom stereocenters. The average Bonchev–Trinajstić information content (AvgIpc) is 3.15. The van der Waals surface area contributed by atoms with Gasteiger partial charge in [0.15, 0.2) is 0 Å². The number of carbonyl (C=O) groups is 2. The average molecular weight is 505 g/mol. The number of nitrogens with zero attached hydrogens (tertiary/aromatic N) is 2. The van der Waals surface area contributed by atoms with E-state index in [1.54, 1.807) is 24.0 Å². The normalized spacial score (nSPS) is 25.2. The number of rotatable bonds is 2. The van der Waals surface area contributed by atoms with Crippen molar-refractivity contribution in [2.45, 2.75) is 77.0 Å². The van der Waals surface area contributed by atoms with E-state index in [4.69, 9.17) is 30.4 Å². The summed E-state index contributed by atoms with van der Waals surface area (Å²) in [6.45, 7) is 13.1. The van der Waals surface area contributed by atoms with E-state index in [2.05, 4.69) is 0 Å². The SMILES string of the molecule is CO[C@@H]1CN(C(=O)OC(C)(C)C)C[C@@H]1N.CO[C@H]1CN(C(=O)OC(C)(C)C)C[C@H]1N.Cl.Cl. The Kier molecular flexibility index (Phi) is 14.1. The Labute approximate surface area is 204 Å². The Morgan fingerprint density at radius 3 is 1.16 bits per heavy atom. The highest BCUT2D eigenvalue weighted by Gasteiger charge is 2.36. The highest BCUT2D eigenvalue weighted by atomic mass is 35.5. The monoisotopic (exact) mass is 504 g/mol. The molecule has 0 bridgehead atoms. The van der Waals surface area contributed by atoms with Crippen LogP contribution in [-0.4, -0.2) is 97.9 Å². The Bertz CT molecular complexity index is 535. The molecule has 0 aromatic heterocycles. The predicted octanol–water partition coefficient (Wildman–Crippen LogP) is 2.00. The maximum absolute atomic E-state index is 11.7. The number of amides is 2. The second kappa shape index (κ2) is 13.6. The maximum Gasteiger partial charge on any atom is 0.410 e. The summed E-state index contributed by atoms with van der Waals surface area (Å²) >= 11 is 0. The third-order valence-electron chi connectivity index (χ3n) is 4.53. The molecule has 0 aromatic carbocycles. The van der Waals surface area contributed by atoms with Crippen molar-refractivity contribution >= 4 is 37.0 Å². The molecule has 2 amide bonds. The number of carbonyl (C=O) groups excluding carboxylic acids is 2. The third-order valence-corrected chi connectivity index (χ3v) is 4.53. The molecule has 0 spiro atoms. The van der Waals surface area contributed by atoms with Gasteiger partial charge >= 0.3 is 12.2 Å². The van der Waals surface area contributed by atoms with E-state index in [1.807, 2.05) is 41.5 Å². The first-order chi connectivity index (χ1) is 13.7. The number of ether oxygens (including phenoxy) is 4. The molecule has 2 aliphatic heterocycles. The van der Waals surface area contributed by atoms with Gasteiger partial charge in [0, 0.05) is 27.3 Å². The van der Waals surface area contributed by atoms with Crippen molar-refractivity contribution in [3.63, 3.8) is 0 Å². The predicted molar refractivity (Wildman–Crippen MR) is 128 cm³/mol. The molecule has 2 saturated heterocycles. The van der Waals surface area contributed by atoms with Crippen molar-refractivity contribution in [3.05, 3.63) is 0 Å². The van der Waals surface area contributed by atoms with Crippen LogP contribution in [-0.2, 0) is 18.9 Å². The second-order valence-electron chi connectivity index (χ2n) is 9.65. The standard InChI is InChI=1S/2C10H20N2O3.2ClH/c2*1-10(2,3)15-9(13)12-5-7(11)8(6-12)14-4;;/h2*7-8H,5-6,11H2,1-4H3;2*1H/t2*7-,8+;;/m10../s1. The van der Waals surface area contributed by atoms with Crippen LogP contribution in [0.2, 0.25) is 0 Å². The molecule has 2 fully saturated rings. The van der Waals surface area contributed by atoms with Crippen LogP contribution in [0, 0.1) is 0 Å². The number of nitrogens with two attached hydrogens (primary N) is 2. The minimum absolute atomic E-state index is 0. The van der Waals surface area contributed by atoms with Gasteiger partial charge in [-0.05, 0) is 41.5 Å². The van der Waals surface area contributed by atoms with Gasteiger partial charge in [0.25, 0.3) is 0 Å². The van der Waals surface area contributed by atoms with Gasteiger partial charge in [-0.2, -0.15) is 0 Å². The highest BCUT2D eigenvalue weighted by Crippen LogP contribution is 2.17. The van der Waals surface area contributed by atoms with Crippen LogP contribution in [0.4, 0.5) is 9.59 Å². The van der Waals surface area contributed by atoms with Crippen LogP contribution in [0.5, 0.6) is 0 Å². The summed E-state index contributed by atoms with van der Waals surface area (Å²) in [7, 11) is 3.20. The van der Waals surface area contributed by atoms with E-state index in [9.17, 15) is 9.59 Å². The first-order valence-electron chi connectivity index (χ1n) is 10.2. The van der Waals surface area contributed by atoms with Crippen molar-refractivity contribution in [2.75, 3.05) is 40.4 Å². The van der Waals surface area contributed by atoms with Crippen LogP contribution in [0.15, 0.2) is 0 Å². The lowest BCUT2D eigenvalue weighted by molar-refractivity contribution is 0.0244. The first kappa shape index (κ1) is 33.1. The number of halogens is 2. The molecule has 10 nitrogen and oxygen atoms in total. The van der Waals surface area contributed by atoms with E-state index in [1.165, 1.54) is 0 Å². The van der Waals surface area contributed by atoms with Gasteiger partial charge in [0.2, 0.25) is 0 Å². The van der Waals surface area contributed by atoms with Crippen LogP contribution in [0.1, 0.15) is 41.5 Å². The Hall–Kier alpha value is -1.04. The molecule has 0 saturated carbocycles. The first-order valence-corrected chi connectivity index (χ1v) is 10.2. The van der Waals surface area contributed by atoms with Gasteiger partial charge < -0.3 is 40.2 Å². The van der Waals surface area contributed by atoms with Crippen LogP contribution < -0.4 is 11.5 Å². The van der Waals surface area contributed by atoms with Crippen molar-refractivity contribution < 1.29 is 28.5 Å². The third kappa shape index (κ3) is 11.2. The van der Waals surface area contributed by atoms with Crippen molar-refractivity contribution in [2.24, 2.45) is 11.5 Å². The zero-order valence-corrected chi connectivity index (χ0v) is 22.1. The molecule has 192 valence electrons. The molecule has 2 rings (SSSR count). The lowest BCUT2D eigenvalue weighted by Crippen LogP contribution is -2.36. The Morgan fingerprint density at radius 2 is 0.969 bits per heavy atom.